The molecule has 1 aromatic rings. The number of carbonyl (C=O) groups is 1. The summed E-state index contributed by atoms with van der Waals surface area (Å²) in [5.74, 6) is 0. The lowest BCUT2D eigenvalue weighted by molar-refractivity contribution is -0.283. The first-order chi connectivity index (χ1) is 17.2. The average Bonchev–Trinajstić information content (AvgIpc) is 2.92. The molecular formula is C25H48FNO9. The smallest absolute Gasteiger partial charge is 0.414 e. The third kappa shape index (κ3) is 16.0. The Morgan fingerprint density at radius 2 is 1.50 bits per heavy atom. The summed E-state index contributed by atoms with van der Waals surface area (Å²) in [6.45, 7) is 14.8. The van der Waals surface area contributed by atoms with Gasteiger partial charge >= 0.3 is 6.09 Å². The second-order valence-corrected chi connectivity index (χ2v) is 7.07. The van der Waals surface area contributed by atoms with Gasteiger partial charge in [-0.1, -0.05) is 67.0 Å². The highest BCUT2D eigenvalue weighted by Gasteiger charge is 2.45. The first kappa shape index (κ1) is 38.7. The third-order valence-electron chi connectivity index (χ3n) is 4.09. The number of amides is 1. The zero-order valence-electron chi connectivity index (χ0n) is 22.8. The number of ether oxygens (including phenoxy) is 2. The lowest BCUT2D eigenvalue weighted by Crippen LogP contribution is -2.59. The molecule has 1 heterocycles. The number of carbonyl (C=O) groups excluding carboxylic acids is 1. The number of aliphatic hydroxyl groups excluding tert-OH is 5. The number of nitrogens with one attached hydrogen (secondary N) is 1. The van der Waals surface area contributed by atoms with Crippen molar-refractivity contribution in [3.05, 3.63) is 29.8 Å². The number of benzene rings is 1. The van der Waals surface area contributed by atoms with E-state index in [2.05, 4.69) is 24.1 Å². The normalized spacial score (nSPS) is 22.9. The molecule has 1 aliphatic heterocycles. The Balaban J connectivity index is -0.000000704. The molecular weight excluding hydrogens is 477 g/mol. The van der Waals surface area contributed by atoms with Crippen molar-refractivity contribution in [3.8, 4) is 0 Å². The van der Waals surface area contributed by atoms with E-state index in [1.807, 2.05) is 46.8 Å². The number of anilines is 1. The largest absolute Gasteiger partial charge is 0.416 e. The Morgan fingerprint density at radius 3 is 1.86 bits per heavy atom. The number of rotatable bonds is 6. The van der Waals surface area contributed by atoms with Gasteiger partial charge in [0.2, 0.25) is 6.29 Å². The van der Waals surface area contributed by atoms with Crippen molar-refractivity contribution >= 4 is 11.8 Å². The summed E-state index contributed by atoms with van der Waals surface area (Å²) in [6.07, 6.45) is -6.79. The van der Waals surface area contributed by atoms with Crippen LogP contribution in [-0.4, -0.2) is 81.6 Å². The first-order valence-corrected chi connectivity index (χ1v) is 12.4. The minimum Gasteiger partial charge on any atom is -0.416 e. The van der Waals surface area contributed by atoms with Crippen molar-refractivity contribution in [2.75, 3.05) is 18.5 Å². The molecule has 6 N–H and O–H groups in total. The summed E-state index contributed by atoms with van der Waals surface area (Å²) in [7, 11) is 0. The van der Waals surface area contributed by atoms with Crippen LogP contribution in [-0.2, 0) is 20.8 Å². The highest BCUT2D eigenvalue weighted by Crippen LogP contribution is 2.22. The fourth-order valence-corrected chi connectivity index (χ4v) is 2.27. The van der Waals surface area contributed by atoms with Crippen LogP contribution in [0, 0.1) is 0 Å². The second kappa shape index (κ2) is 24.8. The predicted molar refractivity (Wildman–Crippen MR) is 137 cm³/mol. The molecule has 0 saturated carbocycles. The maximum absolute atomic E-state index is 11.8. The first-order valence-electron chi connectivity index (χ1n) is 12.4. The van der Waals surface area contributed by atoms with E-state index in [9.17, 15) is 24.6 Å². The van der Waals surface area contributed by atoms with Crippen LogP contribution in [0.2, 0.25) is 0 Å². The summed E-state index contributed by atoms with van der Waals surface area (Å²) in [5, 5.41) is 48.6. The van der Waals surface area contributed by atoms with Crippen LogP contribution >= 0.6 is 0 Å². The molecule has 1 amide bonds. The van der Waals surface area contributed by atoms with Gasteiger partial charge in [-0.3, -0.25) is 5.32 Å². The van der Waals surface area contributed by atoms with Gasteiger partial charge in [-0.15, -0.1) is 0 Å². The fourth-order valence-electron chi connectivity index (χ4n) is 2.27. The highest BCUT2D eigenvalue weighted by atomic mass is 19.3. The molecule has 0 aromatic heterocycles. The van der Waals surface area contributed by atoms with Gasteiger partial charge in [0.25, 0.3) is 0 Å². The number of hydrogen-bond acceptors (Lipinski definition) is 9. The molecule has 11 heteroatoms. The summed E-state index contributed by atoms with van der Waals surface area (Å²) in [4.78, 5) is 15.0. The van der Waals surface area contributed by atoms with Crippen LogP contribution in [0.3, 0.4) is 0 Å². The van der Waals surface area contributed by atoms with E-state index in [-0.39, 0.29) is 6.61 Å². The molecule has 1 fully saturated rings. The van der Waals surface area contributed by atoms with Crippen LogP contribution in [0.15, 0.2) is 24.3 Å². The molecule has 10 nitrogen and oxygen atoms in total. The Morgan fingerprint density at radius 1 is 1.00 bits per heavy atom. The van der Waals surface area contributed by atoms with Crippen LogP contribution in [0.5, 0.6) is 0 Å². The van der Waals surface area contributed by atoms with Gasteiger partial charge in [-0.2, -0.15) is 4.94 Å². The monoisotopic (exact) mass is 525 g/mol. The molecule has 1 saturated heterocycles. The SMILES string of the molecule is CC.CC.CC(CO)OF.CCC.CCc1ccc(NC(=O)OC2OC(CO)C(O)C(O)C2O)cc1. The summed E-state index contributed by atoms with van der Waals surface area (Å²) in [5.41, 5.74) is 1.61. The molecule has 6 unspecified atom stereocenters. The molecule has 1 aromatic carbocycles. The Hall–Kier alpha value is -1.86. The molecule has 2 rings (SSSR count). The number of aryl methyl sites for hydroxylation is 1. The predicted octanol–water partition coefficient (Wildman–Crippen LogP) is 3.33. The van der Waals surface area contributed by atoms with Gasteiger partial charge in [0.05, 0.1) is 13.2 Å². The number of halogens is 1. The van der Waals surface area contributed by atoms with Crippen LogP contribution < -0.4 is 5.32 Å². The van der Waals surface area contributed by atoms with E-state index >= 15 is 0 Å². The Kier molecular flexibility index (Phi) is 26.7. The van der Waals surface area contributed by atoms with Crippen LogP contribution in [0.25, 0.3) is 0 Å². The molecule has 0 radical (unpaired) electrons. The van der Waals surface area contributed by atoms with Crippen molar-refractivity contribution in [3.63, 3.8) is 0 Å². The molecule has 0 bridgehead atoms. The molecule has 0 aliphatic carbocycles. The maximum Gasteiger partial charge on any atom is 0.414 e. The standard InChI is InChI=1S/C15H21NO7.C3H7FO2.C3H8.2C2H6/c1-2-8-3-5-9(6-4-8)16-15(21)23-14-13(20)12(19)11(18)10(7-17)22-14;1-3(2-5)6-4;1-3-2;2*1-2/h3-6,10-14,17-20H,2,7H2,1H3,(H,16,21);3,5H,2H2,1H3;3H2,1-2H3;2*1-2H3. The molecule has 0 spiro atoms. The lowest BCUT2D eigenvalue weighted by atomic mass is 9.99. The van der Waals surface area contributed by atoms with E-state index in [1.165, 1.54) is 13.3 Å². The van der Waals surface area contributed by atoms with Gasteiger partial charge in [0.1, 0.15) is 30.5 Å². The Bertz CT molecular complexity index is 616. The zero-order valence-corrected chi connectivity index (χ0v) is 22.8. The molecule has 36 heavy (non-hydrogen) atoms. The minimum absolute atomic E-state index is 0.267. The second-order valence-electron chi connectivity index (χ2n) is 7.07. The minimum atomic E-state index is -1.62. The van der Waals surface area contributed by atoms with E-state index in [1.54, 1.807) is 12.1 Å². The molecule has 6 atom stereocenters. The van der Waals surface area contributed by atoms with Crippen LogP contribution in [0.4, 0.5) is 15.0 Å². The average molecular weight is 526 g/mol. The molecule has 214 valence electrons. The van der Waals surface area contributed by atoms with Crippen molar-refractivity contribution in [2.45, 2.75) is 105 Å². The maximum atomic E-state index is 11.8. The quantitative estimate of drug-likeness (QED) is 0.328. The van der Waals surface area contributed by atoms with Gasteiger partial charge in [-0.25, -0.2) is 4.79 Å². The molecule has 1 aliphatic rings. The van der Waals surface area contributed by atoms with Gasteiger partial charge < -0.3 is 35.0 Å². The van der Waals surface area contributed by atoms with Crippen molar-refractivity contribution in [1.29, 1.82) is 0 Å². The highest BCUT2D eigenvalue weighted by molar-refractivity contribution is 5.84. The zero-order chi connectivity index (χ0) is 28.7. The summed E-state index contributed by atoms with van der Waals surface area (Å²) >= 11 is 0. The van der Waals surface area contributed by atoms with E-state index in [0.29, 0.717) is 5.69 Å². The van der Waals surface area contributed by atoms with Crippen LogP contribution in [0.1, 0.15) is 67.4 Å². The number of aliphatic hydroxyl groups is 5. The number of hydrogen-bond donors (Lipinski definition) is 6. The van der Waals surface area contributed by atoms with E-state index in [4.69, 9.17) is 19.7 Å². The van der Waals surface area contributed by atoms with Gasteiger partial charge in [0.15, 0.2) is 0 Å². The van der Waals surface area contributed by atoms with Gasteiger partial charge in [0, 0.05) is 5.69 Å². The topological polar surface area (TPSA) is 158 Å². The van der Waals surface area contributed by atoms with Crippen molar-refractivity contribution in [1.82, 2.24) is 0 Å². The van der Waals surface area contributed by atoms with Crippen molar-refractivity contribution < 1.29 is 49.3 Å². The van der Waals surface area contributed by atoms with Gasteiger partial charge in [-0.05, 0) is 35.6 Å². The van der Waals surface area contributed by atoms with E-state index in [0.717, 1.165) is 12.0 Å². The third-order valence-corrected chi connectivity index (χ3v) is 4.09. The van der Waals surface area contributed by atoms with Crippen molar-refractivity contribution in [2.24, 2.45) is 0 Å². The lowest BCUT2D eigenvalue weighted by Gasteiger charge is -2.39. The summed E-state index contributed by atoms with van der Waals surface area (Å²) in [6, 6.07) is 7.10. The fraction of sp³-hybridized carbons (Fsp3) is 0.720. The summed E-state index contributed by atoms with van der Waals surface area (Å²) < 4.78 is 20.7. The Labute approximate surface area is 214 Å². The van der Waals surface area contributed by atoms with E-state index < -0.39 is 49.5 Å².